The van der Waals surface area contributed by atoms with Crippen LogP contribution in [-0.2, 0) is 6.18 Å². The van der Waals surface area contributed by atoms with Gasteiger partial charge in [-0.2, -0.15) is 13.2 Å². The zero-order chi connectivity index (χ0) is 18.7. The lowest BCUT2D eigenvalue weighted by Gasteiger charge is -2.16. The second kappa shape index (κ2) is 5.24. The second-order valence-electron chi connectivity index (χ2n) is 5.10. The number of carbonyl (C=O) groups excluding carboxylic acids is 2. The van der Waals surface area contributed by atoms with Gasteiger partial charge in [0.2, 0.25) is 0 Å². The first-order valence-corrected chi connectivity index (χ1v) is 6.91. The number of carbonyl (C=O) groups is 2. The highest BCUT2D eigenvalue weighted by Crippen LogP contribution is 2.39. The van der Waals surface area contributed by atoms with Gasteiger partial charge in [0.1, 0.15) is 17.3 Å². The number of aromatic hydroxyl groups is 1. The zero-order valence-corrected chi connectivity index (χ0v) is 12.7. The molecule has 0 atom stereocenters. The summed E-state index contributed by atoms with van der Waals surface area (Å²) in [6.45, 7) is 0. The Morgan fingerprint density at radius 1 is 1.12 bits per heavy atom. The van der Waals surface area contributed by atoms with E-state index in [2.05, 4.69) is 0 Å². The lowest BCUT2D eigenvalue weighted by molar-refractivity contribution is -0.137. The number of fused-ring (bicyclic) bond motifs is 1. The molecule has 25 heavy (non-hydrogen) atoms. The van der Waals surface area contributed by atoms with E-state index >= 15 is 0 Å². The molecular weight excluding hydrogens is 367 g/mol. The van der Waals surface area contributed by atoms with E-state index in [9.17, 15) is 32.7 Å². The maximum absolute atomic E-state index is 12.8. The maximum Gasteiger partial charge on any atom is 0.416 e. The summed E-state index contributed by atoms with van der Waals surface area (Å²) in [7, 11) is 0. The normalized spacial score (nSPS) is 13.8. The molecule has 0 bridgehead atoms. The highest BCUT2D eigenvalue weighted by molar-refractivity contribution is 6.33. The second-order valence-corrected chi connectivity index (χ2v) is 5.51. The molecular formula is C14H7ClF3N3O4. The number of rotatable bonds is 1. The summed E-state index contributed by atoms with van der Waals surface area (Å²) in [4.78, 5) is 35.6. The quantitative estimate of drug-likeness (QED) is 0.658. The molecule has 1 aromatic heterocycles. The standard InChI is InChI=1S/C14H7ClF3N3O4/c15-6-1-4(14(16,17)18)2-7(22)10(6)21-8(23)3-5-9(11(21)19)13(25)20-12(5)24/h1-3,22H,19H2,(H,20,24,25). The molecule has 7 nitrogen and oxygen atoms in total. The van der Waals surface area contributed by atoms with Gasteiger partial charge in [0, 0.05) is 6.07 Å². The molecule has 1 aliphatic heterocycles. The molecule has 2 amide bonds. The number of phenolic OH excluding ortho intramolecular Hbond substituents is 1. The zero-order valence-electron chi connectivity index (χ0n) is 11.9. The molecule has 0 spiro atoms. The van der Waals surface area contributed by atoms with E-state index in [1.54, 1.807) is 0 Å². The molecule has 0 aliphatic carbocycles. The number of halogens is 4. The number of imide groups is 1. The van der Waals surface area contributed by atoms with Gasteiger partial charge in [0.15, 0.2) is 0 Å². The Bertz CT molecular complexity index is 991. The van der Waals surface area contributed by atoms with Gasteiger partial charge in [-0.3, -0.25) is 24.3 Å². The van der Waals surface area contributed by atoms with Gasteiger partial charge in [0.25, 0.3) is 17.4 Å². The van der Waals surface area contributed by atoms with Crippen molar-refractivity contribution in [3.05, 3.63) is 50.3 Å². The van der Waals surface area contributed by atoms with Gasteiger partial charge in [0.05, 0.1) is 21.7 Å². The molecule has 3 rings (SSSR count). The number of alkyl halides is 3. The van der Waals surface area contributed by atoms with Crippen molar-refractivity contribution in [2.75, 3.05) is 5.73 Å². The average molecular weight is 374 g/mol. The van der Waals surface area contributed by atoms with E-state index < -0.39 is 51.4 Å². The molecule has 0 saturated carbocycles. The first kappa shape index (κ1) is 16.8. The number of phenols is 1. The van der Waals surface area contributed by atoms with Crippen molar-refractivity contribution in [3.63, 3.8) is 0 Å². The Hall–Kier alpha value is -3.01. The van der Waals surface area contributed by atoms with Crippen LogP contribution in [0.4, 0.5) is 19.0 Å². The number of aromatic nitrogens is 1. The number of benzene rings is 1. The van der Waals surface area contributed by atoms with Gasteiger partial charge in [-0.25, -0.2) is 0 Å². The summed E-state index contributed by atoms with van der Waals surface area (Å²) in [5.41, 5.74) is 2.40. The van der Waals surface area contributed by atoms with Crippen molar-refractivity contribution in [3.8, 4) is 11.4 Å². The minimum absolute atomic E-state index is 0.272. The fraction of sp³-hybridized carbons (Fsp3) is 0.0714. The van der Waals surface area contributed by atoms with Crippen LogP contribution in [0.2, 0.25) is 5.02 Å². The van der Waals surface area contributed by atoms with Gasteiger partial charge in [-0.1, -0.05) is 11.6 Å². The molecule has 0 saturated heterocycles. The predicted octanol–water partition coefficient (Wildman–Crippen LogP) is 1.68. The number of nitrogens with two attached hydrogens (primary N) is 1. The molecule has 11 heteroatoms. The number of hydrogen-bond donors (Lipinski definition) is 3. The van der Waals surface area contributed by atoms with Crippen molar-refractivity contribution in [1.29, 1.82) is 0 Å². The lowest BCUT2D eigenvalue weighted by atomic mass is 10.1. The summed E-state index contributed by atoms with van der Waals surface area (Å²) in [5, 5.41) is 11.3. The van der Waals surface area contributed by atoms with Gasteiger partial charge < -0.3 is 10.8 Å². The van der Waals surface area contributed by atoms with Crippen LogP contribution >= 0.6 is 11.6 Å². The van der Waals surface area contributed by atoms with E-state index in [4.69, 9.17) is 17.3 Å². The molecule has 2 heterocycles. The fourth-order valence-electron chi connectivity index (χ4n) is 2.48. The van der Waals surface area contributed by atoms with Crippen molar-refractivity contribution in [2.45, 2.75) is 6.18 Å². The largest absolute Gasteiger partial charge is 0.506 e. The molecule has 4 N–H and O–H groups in total. The smallest absolute Gasteiger partial charge is 0.416 e. The third-order valence-corrected chi connectivity index (χ3v) is 3.84. The van der Waals surface area contributed by atoms with E-state index in [1.165, 1.54) is 0 Å². The van der Waals surface area contributed by atoms with Crippen LogP contribution in [0.1, 0.15) is 26.3 Å². The third kappa shape index (κ3) is 2.50. The van der Waals surface area contributed by atoms with Crippen LogP contribution in [0, 0.1) is 0 Å². The van der Waals surface area contributed by atoms with E-state index in [0.717, 1.165) is 6.07 Å². The number of nitrogens with one attached hydrogen (secondary N) is 1. The van der Waals surface area contributed by atoms with E-state index in [-0.39, 0.29) is 11.1 Å². The van der Waals surface area contributed by atoms with Crippen LogP contribution in [0.3, 0.4) is 0 Å². The van der Waals surface area contributed by atoms with Crippen LogP contribution in [0.15, 0.2) is 23.0 Å². The van der Waals surface area contributed by atoms with Crippen LogP contribution < -0.4 is 16.6 Å². The van der Waals surface area contributed by atoms with Crippen LogP contribution in [0.25, 0.3) is 5.69 Å². The summed E-state index contributed by atoms with van der Waals surface area (Å²) in [6.07, 6.45) is -4.78. The highest BCUT2D eigenvalue weighted by Gasteiger charge is 2.35. The Labute approximate surface area is 141 Å². The third-order valence-electron chi connectivity index (χ3n) is 3.55. The number of hydrogen-bond acceptors (Lipinski definition) is 5. The van der Waals surface area contributed by atoms with Crippen LogP contribution in [-0.4, -0.2) is 21.5 Å². The Morgan fingerprint density at radius 3 is 2.32 bits per heavy atom. The monoisotopic (exact) mass is 373 g/mol. The van der Waals surface area contributed by atoms with Crippen LogP contribution in [0.5, 0.6) is 5.75 Å². The molecule has 1 aromatic carbocycles. The Kier molecular flexibility index (Phi) is 3.53. The van der Waals surface area contributed by atoms with Gasteiger partial charge >= 0.3 is 6.18 Å². The van der Waals surface area contributed by atoms with Crippen molar-refractivity contribution in [1.82, 2.24) is 9.88 Å². The number of nitrogens with zero attached hydrogens (tertiary/aromatic N) is 1. The van der Waals surface area contributed by atoms with E-state index in [1.807, 2.05) is 5.32 Å². The van der Waals surface area contributed by atoms with E-state index in [0.29, 0.717) is 16.7 Å². The number of amides is 2. The average Bonchev–Trinajstić information content (AvgIpc) is 2.75. The molecule has 0 fully saturated rings. The van der Waals surface area contributed by atoms with Gasteiger partial charge in [-0.05, 0) is 12.1 Å². The van der Waals surface area contributed by atoms with Crippen molar-refractivity contribution >= 4 is 29.2 Å². The molecule has 1 aliphatic rings. The lowest BCUT2D eigenvalue weighted by Crippen LogP contribution is -2.24. The number of nitrogen functional groups attached to an aromatic ring is 1. The fourth-order valence-corrected chi connectivity index (χ4v) is 2.78. The molecule has 2 aromatic rings. The summed E-state index contributed by atoms with van der Waals surface area (Å²) in [6, 6.07) is 1.64. The van der Waals surface area contributed by atoms with Crippen molar-refractivity contribution in [2.24, 2.45) is 0 Å². The topological polar surface area (TPSA) is 114 Å². The van der Waals surface area contributed by atoms with Gasteiger partial charge in [-0.15, -0.1) is 0 Å². The van der Waals surface area contributed by atoms with Crippen molar-refractivity contribution < 1.29 is 27.9 Å². The Balaban J connectivity index is 2.33. The first-order valence-electron chi connectivity index (χ1n) is 6.53. The summed E-state index contributed by atoms with van der Waals surface area (Å²) < 4.78 is 38.8. The summed E-state index contributed by atoms with van der Waals surface area (Å²) >= 11 is 5.79. The number of pyridine rings is 1. The molecule has 0 unspecified atom stereocenters. The molecule has 0 radical (unpaired) electrons. The number of anilines is 1. The molecule has 130 valence electrons. The minimum Gasteiger partial charge on any atom is -0.506 e. The Morgan fingerprint density at radius 2 is 1.76 bits per heavy atom. The minimum atomic E-state index is -4.78. The first-order chi connectivity index (χ1) is 11.5. The maximum atomic E-state index is 12.8. The highest BCUT2D eigenvalue weighted by atomic mass is 35.5. The summed E-state index contributed by atoms with van der Waals surface area (Å²) in [5.74, 6) is -3.23. The predicted molar refractivity (Wildman–Crippen MR) is 79.9 cm³/mol. The SMILES string of the molecule is Nc1c2c(cc(=O)n1-c1c(O)cc(C(F)(F)F)cc1Cl)C(=O)NC2=O.